The Hall–Kier alpha value is -2.45. The summed E-state index contributed by atoms with van der Waals surface area (Å²) in [6, 6.07) is 3.13. The number of ether oxygens (including phenoxy) is 1. The zero-order chi connectivity index (χ0) is 18.5. The monoisotopic (exact) mass is 360 g/mol. The number of imidazole rings is 1. The highest BCUT2D eigenvalue weighted by Gasteiger charge is 2.15. The van der Waals surface area contributed by atoms with Gasteiger partial charge in [-0.25, -0.2) is 4.98 Å². The number of benzene rings is 1. The van der Waals surface area contributed by atoms with Crippen LogP contribution in [-0.2, 0) is 23.0 Å². The zero-order valence-electron chi connectivity index (χ0n) is 14.9. The van der Waals surface area contributed by atoms with Crippen molar-refractivity contribution in [1.82, 2.24) is 19.8 Å². The van der Waals surface area contributed by atoms with Crippen LogP contribution in [0.15, 0.2) is 12.1 Å². The molecule has 0 saturated carbocycles. The number of carbonyl (C=O) groups excluding carboxylic acids is 2. The first-order valence-electron chi connectivity index (χ1n) is 8.79. The van der Waals surface area contributed by atoms with E-state index in [2.05, 4.69) is 15.2 Å². The van der Waals surface area contributed by atoms with Crippen molar-refractivity contribution in [3.8, 4) is 5.75 Å². The molecule has 140 valence electrons. The highest BCUT2D eigenvalue weighted by molar-refractivity contribution is 5.97. The third kappa shape index (κ3) is 4.03. The summed E-state index contributed by atoms with van der Waals surface area (Å²) in [4.78, 5) is 30.1. The summed E-state index contributed by atoms with van der Waals surface area (Å²) in [5.74, 6) is 0.615. The first kappa shape index (κ1) is 18.3. The highest BCUT2D eigenvalue weighted by atomic mass is 16.5. The molecule has 1 aliphatic heterocycles. The SMILES string of the molecule is Cn1c(CCC(=O)NCCN2CCOCC2)nc2ccc(O)c(C=O)c21. The lowest BCUT2D eigenvalue weighted by Crippen LogP contribution is -2.41. The van der Waals surface area contributed by atoms with Crippen LogP contribution in [0.3, 0.4) is 0 Å². The van der Waals surface area contributed by atoms with Gasteiger partial charge >= 0.3 is 0 Å². The molecule has 2 heterocycles. The Morgan fingerprint density at radius 2 is 2.15 bits per heavy atom. The predicted octanol–water partition coefficient (Wildman–Crippen LogP) is 0.472. The highest BCUT2D eigenvalue weighted by Crippen LogP contribution is 2.26. The summed E-state index contributed by atoms with van der Waals surface area (Å²) in [5.41, 5.74) is 1.44. The Labute approximate surface area is 151 Å². The number of hydrogen-bond donors (Lipinski definition) is 2. The standard InChI is InChI=1S/C18H24N4O4/c1-21-16(20-14-2-3-15(24)13(12-23)18(14)21)4-5-17(25)19-6-7-22-8-10-26-11-9-22/h2-3,12,24H,4-11H2,1H3,(H,19,25). The van der Waals surface area contributed by atoms with Gasteiger partial charge in [-0.3, -0.25) is 14.5 Å². The van der Waals surface area contributed by atoms with Crippen LogP contribution in [0.1, 0.15) is 22.6 Å². The van der Waals surface area contributed by atoms with E-state index in [1.807, 2.05) is 0 Å². The molecule has 1 fully saturated rings. The van der Waals surface area contributed by atoms with Gasteiger partial charge in [-0.1, -0.05) is 0 Å². The number of aryl methyl sites for hydroxylation is 2. The molecule has 2 aromatic rings. The van der Waals surface area contributed by atoms with Crippen LogP contribution < -0.4 is 5.32 Å². The molecule has 1 aromatic carbocycles. The number of aldehydes is 1. The van der Waals surface area contributed by atoms with Crippen LogP contribution in [0.25, 0.3) is 11.0 Å². The molecular formula is C18H24N4O4. The molecule has 1 aromatic heterocycles. The number of morpholine rings is 1. The van der Waals surface area contributed by atoms with Crippen LogP contribution in [0.4, 0.5) is 0 Å². The largest absolute Gasteiger partial charge is 0.507 e. The van der Waals surface area contributed by atoms with Crippen molar-refractivity contribution in [3.05, 3.63) is 23.5 Å². The van der Waals surface area contributed by atoms with Gasteiger partial charge in [0.1, 0.15) is 11.6 Å². The topological polar surface area (TPSA) is 96.7 Å². The Kier molecular flexibility index (Phi) is 5.85. The van der Waals surface area contributed by atoms with Gasteiger partial charge in [0, 0.05) is 46.1 Å². The Morgan fingerprint density at radius 1 is 1.38 bits per heavy atom. The van der Waals surface area contributed by atoms with E-state index in [1.54, 1.807) is 17.7 Å². The average Bonchev–Trinajstić information content (AvgIpc) is 2.97. The molecule has 1 aliphatic rings. The molecule has 0 unspecified atom stereocenters. The lowest BCUT2D eigenvalue weighted by atomic mass is 10.2. The van der Waals surface area contributed by atoms with Crippen LogP contribution in [0, 0.1) is 0 Å². The molecule has 0 aliphatic carbocycles. The van der Waals surface area contributed by atoms with E-state index < -0.39 is 0 Å². The number of rotatable bonds is 7. The quantitative estimate of drug-likeness (QED) is 0.697. The molecule has 2 N–H and O–H groups in total. The second kappa shape index (κ2) is 8.29. The average molecular weight is 360 g/mol. The fourth-order valence-corrected chi connectivity index (χ4v) is 3.20. The van der Waals surface area contributed by atoms with Crippen LogP contribution in [0.5, 0.6) is 5.75 Å². The number of fused-ring (bicyclic) bond motifs is 1. The number of carbonyl (C=O) groups is 2. The summed E-state index contributed by atoms with van der Waals surface area (Å²) in [7, 11) is 1.79. The number of aromatic hydroxyl groups is 1. The molecular weight excluding hydrogens is 336 g/mol. The molecule has 8 heteroatoms. The van der Waals surface area contributed by atoms with Crippen LogP contribution >= 0.6 is 0 Å². The number of hydrogen-bond acceptors (Lipinski definition) is 6. The second-order valence-electron chi connectivity index (χ2n) is 6.37. The number of nitrogens with one attached hydrogen (secondary N) is 1. The molecule has 1 saturated heterocycles. The maximum Gasteiger partial charge on any atom is 0.220 e. The second-order valence-corrected chi connectivity index (χ2v) is 6.37. The molecule has 0 radical (unpaired) electrons. The van der Waals surface area contributed by atoms with E-state index in [4.69, 9.17) is 4.74 Å². The number of nitrogens with zero attached hydrogens (tertiary/aromatic N) is 3. The van der Waals surface area contributed by atoms with Crippen LogP contribution in [-0.4, -0.2) is 71.1 Å². The smallest absolute Gasteiger partial charge is 0.220 e. The molecule has 0 atom stereocenters. The van der Waals surface area contributed by atoms with Crippen molar-refractivity contribution in [2.45, 2.75) is 12.8 Å². The van der Waals surface area contributed by atoms with E-state index in [9.17, 15) is 14.7 Å². The van der Waals surface area contributed by atoms with Gasteiger partial charge in [0.2, 0.25) is 5.91 Å². The summed E-state index contributed by atoms with van der Waals surface area (Å²) in [5, 5.41) is 12.7. The van der Waals surface area contributed by atoms with Crippen molar-refractivity contribution in [2.24, 2.45) is 7.05 Å². The summed E-state index contributed by atoms with van der Waals surface area (Å²) in [6.07, 6.45) is 1.41. The van der Waals surface area contributed by atoms with E-state index >= 15 is 0 Å². The van der Waals surface area contributed by atoms with Crippen molar-refractivity contribution < 1.29 is 19.4 Å². The molecule has 26 heavy (non-hydrogen) atoms. The van der Waals surface area contributed by atoms with Crippen molar-refractivity contribution in [1.29, 1.82) is 0 Å². The predicted molar refractivity (Wildman–Crippen MR) is 96.4 cm³/mol. The summed E-state index contributed by atoms with van der Waals surface area (Å²) >= 11 is 0. The van der Waals surface area contributed by atoms with E-state index in [-0.39, 0.29) is 17.2 Å². The molecule has 3 rings (SSSR count). The molecule has 0 bridgehead atoms. The lowest BCUT2D eigenvalue weighted by molar-refractivity contribution is -0.121. The normalized spacial score (nSPS) is 15.3. The number of aromatic nitrogens is 2. The first-order chi connectivity index (χ1) is 12.6. The van der Waals surface area contributed by atoms with Crippen molar-refractivity contribution in [3.63, 3.8) is 0 Å². The van der Waals surface area contributed by atoms with E-state index in [0.717, 1.165) is 32.8 Å². The zero-order valence-corrected chi connectivity index (χ0v) is 14.9. The fourth-order valence-electron chi connectivity index (χ4n) is 3.20. The maximum atomic E-state index is 12.1. The third-order valence-electron chi connectivity index (χ3n) is 4.69. The maximum absolute atomic E-state index is 12.1. The summed E-state index contributed by atoms with van der Waals surface area (Å²) in [6.45, 7) is 4.75. The van der Waals surface area contributed by atoms with E-state index in [1.165, 1.54) is 6.07 Å². The number of phenolic OH excluding ortho intramolecular Hbond substituents is 1. The number of amides is 1. The van der Waals surface area contributed by atoms with Gasteiger partial charge in [-0.05, 0) is 12.1 Å². The van der Waals surface area contributed by atoms with Crippen molar-refractivity contribution >= 4 is 23.2 Å². The van der Waals surface area contributed by atoms with Gasteiger partial charge in [0.15, 0.2) is 6.29 Å². The number of phenols is 1. The summed E-state index contributed by atoms with van der Waals surface area (Å²) < 4.78 is 7.06. The van der Waals surface area contributed by atoms with E-state index in [0.29, 0.717) is 42.5 Å². The Bertz CT molecular complexity index is 796. The minimum atomic E-state index is -0.0668. The Balaban J connectivity index is 1.55. The molecule has 1 amide bonds. The fraction of sp³-hybridized carbons (Fsp3) is 0.500. The minimum Gasteiger partial charge on any atom is -0.507 e. The first-order valence-corrected chi connectivity index (χ1v) is 8.79. The van der Waals surface area contributed by atoms with Gasteiger partial charge in [0.05, 0.1) is 29.8 Å². The van der Waals surface area contributed by atoms with Gasteiger partial charge in [-0.2, -0.15) is 0 Å². The lowest BCUT2D eigenvalue weighted by Gasteiger charge is -2.26. The van der Waals surface area contributed by atoms with Gasteiger partial charge < -0.3 is 19.7 Å². The van der Waals surface area contributed by atoms with Crippen molar-refractivity contribution in [2.75, 3.05) is 39.4 Å². The third-order valence-corrected chi connectivity index (χ3v) is 4.69. The van der Waals surface area contributed by atoms with Crippen LogP contribution in [0.2, 0.25) is 0 Å². The molecule has 8 nitrogen and oxygen atoms in total. The Morgan fingerprint density at radius 3 is 2.88 bits per heavy atom. The molecule has 0 spiro atoms. The minimum absolute atomic E-state index is 0.0243. The van der Waals surface area contributed by atoms with Gasteiger partial charge in [-0.15, -0.1) is 0 Å². The van der Waals surface area contributed by atoms with Gasteiger partial charge in [0.25, 0.3) is 0 Å².